The topological polar surface area (TPSA) is 50.7 Å². The van der Waals surface area contributed by atoms with Crippen molar-refractivity contribution in [3.05, 3.63) is 28.8 Å². The number of rotatable bonds is 7. The van der Waals surface area contributed by atoms with Crippen LogP contribution in [0.3, 0.4) is 0 Å². The van der Waals surface area contributed by atoms with Crippen LogP contribution in [0, 0.1) is 6.92 Å². The average Bonchev–Trinajstić information content (AvgIpc) is 3.00. The fourth-order valence-electron chi connectivity index (χ4n) is 2.41. The Hall–Kier alpha value is -0.810. The van der Waals surface area contributed by atoms with Gasteiger partial charge in [0.1, 0.15) is 18.5 Å². The third-order valence-corrected chi connectivity index (χ3v) is 4.19. The van der Waals surface area contributed by atoms with Gasteiger partial charge in [-0.25, -0.2) is 0 Å². The number of halogens is 1. The van der Waals surface area contributed by atoms with E-state index in [2.05, 4.69) is 12.2 Å². The van der Waals surface area contributed by atoms with Crippen LogP contribution in [0.4, 0.5) is 0 Å². The number of hydrogen-bond donors (Lipinski definition) is 2. The van der Waals surface area contributed by atoms with Gasteiger partial charge in [-0.15, -0.1) is 0 Å². The Balaban J connectivity index is 1.69. The van der Waals surface area contributed by atoms with Gasteiger partial charge in [-0.1, -0.05) is 11.6 Å². The van der Waals surface area contributed by atoms with E-state index in [4.69, 9.17) is 21.1 Å². The fraction of sp³-hybridized carbons (Fsp3) is 0.625. The van der Waals surface area contributed by atoms with E-state index in [1.807, 2.05) is 19.1 Å². The van der Waals surface area contributed by atoms with Gasteiger partial charge >= 0.3 is 0 Å². The van der Waals surface area contributed by atoms with Crippen molar-refractivity contribution in [1.29, 1.82) is 0 Å². The van der Waals surface area contributed by atoms with Gasteiger partial charge in [-0.05, 0) is 50.5 Å². The second kappa shape index (κ2) is 7.99. The molecule has 5 heteroatoms. The van der Waals surface area contributed by atoms with Crippen molar-refractivity contribution in [3.8, 4) is 5.75 Å². The second-order valence-electron chi connectivity index (χ2n) is 5.62. The molecule has 3 atom stereocenters. The predicted octanol–water partition coefficient (Wildman–Crippen LogP) is 2.55. The molecule has 0 aromatic heterocycles. The lowest BCUT2D eigenvalue weighted by atomic mass is 10.1. The first-order valence-electron chi connectivity index (χ1n) is 7.48. The Labute approximate surface area is 131 Å². The zero-order valence-corrected chi connectivity index (χ0v) is 13.4. The van der Waals surface area contributed by atoms with Gasteiger partial charge in [0.05, 0.1) is 6.10 Å². The molecular weight excluding hydrogens is 290 g/mol. The van der Waals surface area contributed by atoms with Crippen LogP contribution < -0.4 is 10.1 Å². The van der Waals surface area contributed by atoms with Crippen LogP contribution in [-0.4, -0.2) is 43.1 Å². The monoisotopic (exact) mass is 313 g/mol. The summed E-state index contributed by atoms with van der Waals surface area (Å²) >= 11 is 5.96. The Bertz CT molecular complexity index is 449. The summed E-state index contributed by atoms with van der Waals surface area (Å²) in [4.78, 5) is 0. The number of aliphatic hydroxyl groups excluding tert-OH is 1. The van der Waals surface area contributed by atoms with E-state index in [1.165, 1.54) is 0 Å². The first-order valence-corrected chi connectivity index (χ1v) is 7.86. The van der Waals surface area contributed by atoms with Crippen LogP contribution in [0.15, 0.2) is 18.2 Å². The molecule has 3 unspecified atom stereocenters. The molecule has 0 bridgehead atoms. The van der Waals surface area contributed by atoms with Crippen molar-refractivity contribution in [1.82, 2.24) is 5.32 Å². The van der Waals surface area contributed by atoms with Crippen molar-refractivity contribution >= 4 is 11.6 Å². The Kier molecular flexibility index (Phi) is 6.30. The van der Waals surface area contributed by atoms with Crippen LogP contribution in [0.2, 0.25) is 5.02 Å². The first-order chi connectivity index (χ1) is 10.1. The third kappa shape index (κ3) is 5.15. The van der Waals surface area contributed by atoms with Crippen molar-refractivity contribution in [2.24, 2.45) is 0 Å². The summed E-state index contributed by atoms with van der Waals surface area (Å²) < 4.78 is 11.2. The van der Waals surface area contributed by atoms with Crippen LogP contribution in [-0.2, 0) is 4.74 Å². The van der Waals surface area contributed by atoms with E-state index in [-0.39, 0.29) is 18.8 Å². The molecule has 1 aliphatic heterocycles. The van der Waals surface area contributed by atoms with E-state index in [9.17, 15) is 5.11 Å². The van der Waals surface area contributed by atoms with Crippen LogP contribution in [0.1, 0.15) is 25.3 Å². The van der Waals surface area contributed by atoms with Gasteiger partial charge in [-0.2, -0.15) is 0 Å². The van der Waals surface area contributed by atoms with Gasteiger partial charge in [-0.3, -0.25) is 0 Å². The summed E-state index contributed by atoms with van der Waals surface area (Å²) in [5, 5.41) is 14.0. The number of aliphatic hydroxyl groups is 1. The van der Waals surface area contributed by atoms with Gasteiger partial charge in [0.2, 0.25) is 0 Å². The van der Waals surface area contributed by atoms with Crippen molar-refractivity contribution < 1.29 is 14.6 Å². The molecule has 1 aliphatic rings. The quantitative estimate of drug-likeness (QED) is 0.812. The SMILES string of the molecule is Cc1cc(OCC(O)CNC(C)C2CCCO2)ccc1Cl. The molecule has 0 saturated carbocycles. The maximum atomic E-state index is 9.97. The highest BCUT2D eigenvalue weighted by Gasteiger charge is 2.22. The average molecular weight is 314 g/mol. The molecule has 0 amide bonds. The van der Waals surface area contributed by atoms with E-state index in [0.29, 0.717) is 6.54 Å². The van der Waals surface area contributed by atoms with Gasteiger partial charge < -0.3 is 19.9 Å². The lowest BCUT2D eigenvalue weighted by Gasteiger charge is -2.22. The molecule has 1 heterocycles. The smallest absolute Gasteiger partial charge is 0.119 e. The Morgan fingerprint density at radius 2 is 2.33 bits per heavy atom. The van der Waals surface area contributed by atoms with Crippen LogP contribution in [0.5, 0.6) is 5.75 Å². The Morgan fingerprint density at radius 3 is 3.00 bits per heavy atom. The van der Waals surface area contributed by atoms with Crippen LogP contribution in [0.25, 0.3) is 0 Å². The minimum absolute atomic E-state index is 0.250. The number of benzene rings is 1. The minimum atomic E-state index is -0.551. The number of ether oxygens (including phenoxy) is 2. The van der Waals surface area contributed by atoms with Crippen molar-refractivity contribution in [2.45, 2.75) is 44.9 Å². The molecule has 0 radical (unpaired) electrons. The number of aryl methyl sites for hydroxylation is 1. The molecule has 0 spiro atoms. The lowest BCUT2D eigenvalue weighted by Crippen LogP contribution is -2.42. The van der Waals surface area contributed by atoms with Crippen LogP contribution >= 0.6 is 11.6 Å². The highest BCUT2D eigenvalue weighted by molar-refractivity contribution is 6.31. The Morgan fingerprint density at radius 1 is 1.52 bits per heavy atom. The molecule has 2 N–H and O–H groups in total. The standard InChI is InChI=1S/C16H24ClNO3/c1-11-8-14(5-6-15(11)17)21-10-13(19)9-18-12(2)16-4-3-7-20-16/h5-6,8,12-13,16,18-19H,3-4,7,9-10H2,1-2H3. The highest BCUT2D eigenvalue weighted by atomic mass is 35.5. The van der Waals surface area contributed by atoms with Crippen molar-refractivity contribution in [3.63, 3.8) is 0 Å². The molecule has 0 aliphatic carbocycles. The molecule has 1 fully saturated rings. The summed E-state index contributed by atoms with van der Waals surface area (Å²) in [7, 11) is 0. The zero-order chi connectivity index (χ0) is 15.2. The van der Waals surface area contributed by atoms with Gasteiger partial charge in [0.15, 0.2) is 0 Å². The van der Waals surface area contributed by atoms with E-state index in [0.717, 1.165) is 35.8 Å². The minimum Gasteiger partial charge on any atom is -0.491 e. The number of hydrogen-bond acceptors (Lipinski definition) is 4. The third-order valence-electron chi connectivity index (χ3n) is 3.77. The summed E-state index contributed by atoms with van der Waals surface area (Å²) in [6, 6.07) is 5.73. The van der Waals surface area contributed by atoms with Crippen molar-refractivity contribution in [2.75, 3.05) is 19.8 Å². The summed E-state index contributed by atoms with van der Waals surface area (Å²) in [6.07, 6.45) is 1.92. The molecule has 4 nitrogen and oxygen atoms in total. The molecule has 1 saturated heterocycles. The predicted molar refractivity (Wildman–Crippen MR) is 84.1 cm³/mol. The zero-order valence-electron chi connectivity index (χ0n) is 12.6. The largest absolute Gasteiger partial charge is 0.491 e. The molecule has 118 valence electrons. The van der Waals surface area contributed by atoms with Gasteiger partial charge in [0.25, 0.3) is 0 Å². The number of nitrogens with one attached hydrogen (secondary N) is 1. The fourth-order valence-corrected chi connectivity index (χ4v) is 2.53. The van der Waals surface area contributed by atoms with E-state index >= 15 is 0 Å². The first kappa shape index (κ1) is 16.6. The maximum Gasteiger partial charge on any atom is 0.119 e. The normalized spacial score (nSPS) is 21.2. The molecular formula is C16H24ClNO3. The van der Waals surface area contributed by atoms with Gasteiger partial charge in [0, 0.05) is 24.2 Å². The summed E-state index contributed by atoms with van der Waals surface area (Å²) in [6.45, 7) is 5.61. The van der Waals surface area contributed by atoms with E-state index in [1.54, 1.807) is 6.07 Å². The summed E-state index contributed by atoms with van der Waals surface area (Å²) in [5.41, 5.74) is 0.966. The maximum absolute atomic E-state index is 9.97. The molecule has 1 aromatic carbocycles. The molecule has 1 aromatic rings. The van der Waals surface area contributed by atoms with E-state index < -0.39 is 6.10 Å². The molecule has 2 rings (SSSR count). The lowest BCUT2D eigenvalue weighted by molar-refractivity contribution is 0.0675. The molecule has 21 heavy (non-hydrogen) atoms. The second-order valence-corrected chi connectivity index (χ2v) is 6.03. The summed E-state index contributed by atoms with van der Waals surface area (Å²) in [5.74, 6) is 0.725. The highest BCUT2D eigenvalue weighted by Crippen LogP contribution is 2.21.